The molecule has 0 aliphatic rings. The van der Waals surface area contributed by atoms with Gasteiger partial charge in [0, 0.05) is 23.0 Å². The largest absolute Gasteiger partial charge is 0.449 e. The summed E-state index contributed by atoms with van der Waals surface area (Å²) in [4.78, 5) is 24.3. The highest BCUT2D eigenvalue weighted by molar-refractivity contribution is 5.96. The second kappa shape index (κ2) is 9.17. The van der Waals surface area contributed by atoms with E-state index >= 15 is 0 Å². The number of benzene rings is 2. The maximum absolute atomic E-state index is 13.2. The number of anilines is 1. The summed E-state index contributed by atoms with van der Waals surface area (Å²) in [5.74, 6) is -1.38. The van der Waals surface area contributed by atoms with E-state index in [0.29, 0.717) is 17.1 Å². The highest BCUT2D eigenvalue weighted by atomic mass is 19.1. The Balaban J connectivity index is 1.66. The number of ether oxygens (including phenoxy) is 1. The third-order valence-corrected chi connectivity index (χ3v) is 4.51. The van der Waals surface area contributed by atoms with Gasteiger partial charge in [0.15, 0.2) is 6.10 Å². The molecule has 1 amide bonds. The van der Waals surface area contributed by atoms with Gasteiger partial charge >= 0.3 is 5.97 Å². The molecule has 7 heteroatoms. The smallest absolute Gasteiger partial charge is 0.331 e. The number of carbonyl (C=O) groups excluding carboxylic acids is 2. The van der Waals surface area contributed by atoms with E-state index in [2.05, 4.69) is 10.4 Å². The number of hydrogen-bond donors (Lipinski definition) is 1. The van der Waals surface area contributed by atoms with Gasteiger partial charge < -0.3 is 10.1 Å². The molecule has 0 saturated carbocycles. The van der Waals surface area contributed by atoms with E-state index in [0.717, 1.165) is 11.3 Å². The Morgan fingerprint density at radius 1 is 1.10 bits per heavy atom. The summed E-state index contributed by atoms with van der Waals surface area (Å²) in [6.45, 7) is 5.17. The molecule has 1 unspecified atom stereocenters. The van der Waals surface area contributed by atoms with Gasteiger partial charge in [0.2, 0.25) is 0 Å². The Labute approximate surface area is 174 Å². The molecule has 3 rings (SSSR count). The van der Waals surface area contributed by atoms with Crippen molar-refractivity contribution in [2.75, 3.05) is 5.32 Å². The summed E-state index contributed by atoms with van der Waals surface area (Å²) in [6.07, 6.45) is 1.91. The first-order valence-corrected chi connectivity index (χ1v) is 9.42. The van der Waals surface area contributed by atoms with E-state index in [4.69, 9.17) is 4.74 Å². The molecule has 0 saturated heterocycles. The van der Waals surface area contributed by atoms with Crippen LogP contribution in [-0.2, 0) is 14.3 Å². The normalized spacial score (nSPS) is 12.0. The fraction of sp³-hybridized carbons (Fsp3) is 0.174. The van der Waals surface area contributed by atoms with Gasteiger partial charge in [-0.2, -0.15) is 5.10 Å². The summed E-state index contributed by atoms with van der Waals surface area (Å²) < 4.78 is 20.0. The standard InChI is InChI=1S/C23H22FN3O3/c1-15-21(16(2)27(26-15)20-11-9-18(24)10-12-20)13-14-22(28)30-17(3)23(29)25-19-7-5-4-6-8-19/h4-14,17H,1-3H3,(H,25,29)/b14-13+. The zero-order valence-corrected chi connectivity index (χ0v) is 16.9. The number of halogens is 1. The first-order valence-electron chi connectivity index (χ1n) is 9.42. The lowest BCUT2D eigenvalue weighted by Crippen LogP contribution is -2.29. The Kier molecular flexibility index (Phi) is 6.41. The minimum absolute atomic E-state index is 0.325. The molecule has 1 atom stereocenters. The van der Waals surface area contributed by atoms with Crippen LogP contribution in [0.2, 0.25) is 0 Å². The van der Waals surface area contributed by atoms with E-state index in [1.165, 1.54) is 25.1 Å². The molecule has 3 aromatic rings. The second-order valence-corrected chi connectivity index (χ2v) is 6.74. The monoisotopic (exact) mass is 407 g/mol. The number of nitrogens with zero attached hydrogens (tertiary/aromatic N) is 2. The number of hydrogen-bond acceptors (Lipinski definition) is 4. The lowest BCUT2D eigenvalue weighted by Gasteiger charge is -2.12. The van der Waals surface area contributed by atoms with E-state index in [1.807, 2.05) is 19.9 Å². The fourth-order valence-electron chi connectivity index (χ4n) is 2.91. The van der Waals surface area contributed by atoms with Crippen molar-refractivity contribution in [3.05, 3.63) is 83.4 Å². The van der Waals surface area contributed by atoms with Crippen LogP contribution in [0, 0.1) is 19.7 Å². The molecule has 1 heterocycles. The zero-order valence-electron chi connectivity index (χ0n) is 16.9. The van der Waals surface area contributed by atoms with Crippen LogP contribution < -0.4 is 5.32 Å². The first-order chi connectivity index (χ1) is 14.3. The highest BCUT2D eigenvalue weighted by Crippen LogP contribution is 2.19. The third kappa shape index (κ3) is 5.00. The Bertz CT molecular complexity index is 1070. The predicted molar refractivity (Wildman–Crippen MR) is 113 cm³/mol. The average molecular weight is 407 g/mol. The first kappa shape index (κ1) is 21.0. The van der Waals surface area contributed by atoms with Crippen LogP contribution in [0.25, 0.3) is 11.8 Å². The molecule has 0 radical (unpaired) electrons. The summed E-state index contributed by atoms with van der Waals surface area (Å²) in [5, 5.41) is 7.14. The Morgan fingerprint density at radius 2 is 1.77 bits per heavy atom. The number of amides is 1. The molecule has 0 bridgehead atoms. The molecule has 154 valence electrons. The van der Waals surface area contributed by atoms with E-state index in [1.54, 1.807) is 47.2 Å². The Hall–Kier alpha value is -3.74. The zero-order chi connectivity index (χ0) is 21.7. The molecule has 30 heavy (non-hydrogen) atoms. The number of aromatic nitrogens is 2. The van der Waals surface area contributed by atoms with Gasteiger partial charge in [-0.1, -0.05) is 18.2 Å². The second-order valence-electron chi connectivity index (χ2n) is 6.74. The third-order valence-electron chi connectivity index (χ3n) is 4.51. The Morgan fingerprint density at radius 3 is 2.43 bits per heavy atom. The molecule has 0 spiro atoms. The molecular weight excluding hydrogens is 385 g/mol. The van der Waals surface area contributed by atoms with Crippen molar-refractivity contribution in [3.63, 3.8) is 0 Å². The van der Waals surface area contributed by atoms with E-state index in [-0.39, 0.29) is 5.82 Å². The van der Waals surface area contributed by atoms with Crippen molar-refractivity contribution < 1.29 is 18.7 Å². The van der Waals surface area contributed by atoms with Crippen LogP contribution in [-0.4, -0.2) is 27.8 Å². The molecular formula is C23H22FN3O3. The summed E-state index contributed by atoms with van der Waals surface area (Å²) in [5.41, 5.74) is 3.58. The maximum atomic E-state index is 13.2. The van der Waals surface area contributed by atoms with Crippen molar-refractivity contribution in [3.8, 4) is 5.69 Å². The summed E-state index contributed by atoms with van der Waals surface area (Å²) >= 11 is 0. The van der Waals surface area contributed by atoms with Crippen LogP contribution in [0.15, 0.2) is 60.7 Å². The van der Waals surface area contributed by atoms with Crippen molar-refractivity contribution in [1.29, 1.82) is 0 Å². The van der Waals surface area contributed by atoms with E-state index in [9.17, 15) is 14.0 Å². The minimum atomic E-state index is -0.952. The highest BCUT2D eigenvalue weighted by Gasteiger charge is 2.17. The van der Waals surface area contributed by atoms with Gasteiger partial charge in [0.25, 0.3) is 5.91 Å². The molecule has 1 aromatic heterocycles. The van der Waals surface area contributed by atoms with Crippen LogP contribution in [0.4, 0.5) is 10.1 Å². The number of carbonyl (C=O) groups is 2. The fourth-order valence-corrected chi connectivity index (χ4v) is 2.91. The quantitative estimate of drug-likeness (QED) is 0.491. The molecule has 0 aliphatic heterocycles. The number of aryl methyl sites for hydroxylation is 1. The molecule has 1 N–H and O–H groups in total. The van der Waals surface area contributed by atoms with Crippen molar-refractivity contribution in [2.24, 2.45) is 0 Å². The van der Waals surface area contributed by atoms with Crippen molar-refractivity contribution >= 4 is 23.6 Å². The van der Waals surface area contributed by atoms with Gasteiger partial charge in [0.05, 0.1) is 11.4 Å². The van der Waals surface area contributed by atoms with Crippen LogP contribution >= 0.6 is 0 Å². The lowest BCUT2D eigenvalue weighted by molar-refractivity contribution is -0.148. The average Bonchev–Trinajstić information content (AvgIpc) is 3.01. The van der Waals surface area contributed by atoms with Gasteiger partial charge in [-0.15, -0.1) is 0 Å². The van der Waals surface area contributed by atoms with Crippen molar-refractivity contribution in [2.45, 2.75) is 26.9 Å². The molecule has 0 aliphatic carbocycles. The molecule has 0 fully saturated rings. The van der Waals surface area contributed by atoms with Crippen molar-refractivity contribution in [1.82, 2.24) is 9.78 Å². The summed E-state index contributed by atoms with van der Waals surface area (Å²) in [7, 11) is 0. The molecule has 2 aromatic carbocycles. The van der Waals surface area contributed by atoms with E-state index < -0.39 is 18.0 Å². The van der Waals surface area contributed by atoms with Crippen LogP contribution in [0.3, 0.4) is 0 Å². The number of nitrogens with one attached hydrogen (secondary N) is 1. The maximum Gasteiger partial charge on any atom is 0.331 e. The topological polar surface area (TPSA) is 73.2 Å². The van der Waals surface area contributed by atoms with Gasteiger partial charge in [-0.25, -0.2) is 13.9 Å². The van der Waals surface area contributed by atoms with Crippen LogP contribution in [0.5, 0.6) is 0 Å². The summed E-state index contributed by atoms with van der Waals surface area (Å²) in [6, 6.07) is 14.9. The number of para-hydroxylation sites is 1. The van der Waals surface area contributed by atoms with Gasteiger partial charge in [-0.3, -0.25) is 4.79 Å². The van der Waals surface area contributed by atoms with Crippen LogP contribution in [0.1, 0.15) is 23.9 Å². The predicted octanol–water partition coefficient (Wildman–Crippen LogP) is 4.21. The lowest BCUT2D eigenvalue weighted by atomic mass is 10.2. The number of esters is 1. The van der Waals surface area contributed by atoms with Gasteiger partial charge in [0.1, 0.15) is 5.82 Å². The van der Waals surface area contributed by atoms with Gasteiger partial charge in [-0.05, 0) is 63.2 Å². The molecule has 6 nitrogen and oxygen atoms in total. The minimum Gasteiger partial charge on any atom is -0.449 e. The SMILES string of the molecule is Cc1nn(-c2ccc(F)cc2)c(C)c1/C=C/C(=O)OC(C)C(=O)Nc1ccccc1. The number of rotatable bonds is 6.